The molecule has 3 N–H and O–H groups in total. The van der Waals surface area contributed by atoms with E-state index in [4.69, 9.17) is 32.7 Å². The van der Waals surface area contributed by atoms with Crippen LogP contribution in [0.15, 0.2) is 36.4 Å². The average molecular weight is 556 g/mol. The van der Waals surface area contributed by atoms with Crippen molar-refractivity contribution in [3.63, 3.8) is 0 Å². The maximum atomic E-state index is 13.6. The van der Waals surface area contributed by atoms with E-state index in [0.29, 0.717) is 11.4 Å². The summed E-state index contributed by atoms with van der Waals surface area (Å²) in [5.74, 6) is -1.76. The van der Waals surface area contributed by atoms with Gasteiger partial charge in [-0.3, -0.25) is 14.5 Å². The van der Waals surface area contributed by atoms with Crippen LogP contribution < -0.4 is 15.4 Å². The predicted molar refractivity (Wildman–Crippen MR) is 137 cm³/mol. The van der Waals surface area contributed by atoms with Crippen LogP contribution in [0.2, 0.25) is 10.0 Å². The molecule has 0 aromatic heterocycles. The van der Waals surface area contributed by atoms with Gasteiger partial charge in [-0.15, -0.1) is 0 Å². The van der Waals surface area contributed by atoms with E-state index in [-0.39, 0.29) is 41.8 Å². The van der Waals surface area contributed by atoms with Crippen LogP contribution in [-0.4, -0.2) is 58.8 Å². The lowest BCUT2D eigenvalue weighted by molar-refractivity contribution is -0.125. The van der Waals surface area contributed by atoms with E-state index in [1.54, 1.807) is 20.8 Å². The molecule has 1 fully saturated rings. The van der Waals surface area contributed by atoms with Crippen LogP contribution in [0, 0.1) is 5.82 Å². The molecular weight excluding hydrogens is 528 g/mol. The Hall–Kier alpha value is -3.24. The molecule has 37 heavy (non-hydrogen) atoms. The van der Waals surface area contributed by atoms with Crippen LogP contribution in [0.1, 0.15) is 33.6 Å². The lowest BCUT2D eigenvalue weighted by atomic mass is 9.97. The van der Waals surface area contributed by atoms with Gasteiger partial charge in [-0.2, -0.15) is 0 Å². The number of halogens is 3. The third-order valence-electron chi connectivity index (χ3n) is 5.36. The third-order valence-corrected chi connectivity index (χ3v) is 5.90. The van der Waals surface area contributed by atoms with Crippen molar-refractivity contribution in [2.24, 2.45) is 0 Å². The fourth-order valence-electron chi connectivity index (χ4n) is 3.70. The van der Waals surface area contributed by atoms with Crippen molar-refractivity contribution >= 4 is 46.8 Å². The fraction of sp³-hybridized carbons (Fsp3) is 0.400. The summed E-state index contributed by atoms with van der Waals surface area (Å²) in [6.45, 7) is 4.72. The van der Waals surface area contributed by atoms with Crippen LogP contribution in [0.5, 0.6) is 11.5 Å². The number of nitrogens with one attached hydrogen (secondary N) is 2. The zero-order valence-electron chi connectivity index (χ0n) is 20.5. The topological polar surface area (TPSA) is 117 Å². The van der Waals surface area contributed by atoms with E-state index in [2.05, 4.69) is 10.6 Å². The summed E-state index contributed by atoms with van der Waals surface area (Å²) in [7, 11) is 0. The molecule has 3 amide bonds. The number of amides is 3. The van der Waals surface area contributed by atoms with Crippen molar-refractivity contribution in [3.05, 3.63) is 52.3 Å². The maximum absolute atomic E-state index is 13.6. The second kappa shape index (κ2) is 11.9. The second-order valence-corrected chi connectivity index (χ2v) is 10.3. The molecule has 9 nitrogen and oxygen atoms in total. The van der Waals surface area contributed by atoms with Gasteiger partial charge in [0.1, 0.15) is 29.0 Å². The third kappa shape index (κ3) is 8.13. The van der Waals surface area contributed by atoms with E-state index >= 15 is 0 Å². The van der Waals surface area contributed by atoms with Gasteiger partial charge in [-0.1, -0.05) is 23.2 Å². The minimum Gasteiger partial charge on any atom is -0.506 e. The second-order valence-electron chi connectivity index (χ2n) is 9.51. The smallest absolute Gasteiger partial charge is 0.411 e. The molecule has 0 radical (unpaired) electrons. The van der Waals surface area contributed by atoms with Crippen molar-refractivity contribution in [3.8, 4) is 11.5 Å². The Labute approximate surface area is 223 Å². The van der Waals surface area contributed by atoms with E-state index in [9.17, 15) is 23.9 Å². The highest BCUT2D eigenvalue weighted by atomic mass is 35.5. The first kappa shape index (κ1) is 28.3. The number of piperidine rings is 1. The van der Waals surface area contributed by atoms with Crippen molar-refractivity contribution in [1.82, 2.24) is 10.2 Å². The molecule has 1 aliphatic heterocycles. The normalized spacial score (nSPS) is 17.6. The quantitative estimate of drug-likeness (QED) is 0.443. The standard InChI is InChI=1S/C25H28Cl2FN3O6/c1-25(2,3)37-24(35)31-12-15(29-22(33)13-36-16-6-7-17(27)18(28)11-16)5-9-20(31)23(34)30-19-8-4-14(26)10-21(19)32/h4,6-8,10-11,15,20,32H,5,9,12-13H2,1-3H3,(H,29,33)(H,30,34)/t15-,20+/m0/s1. The first-order chi connectivity index (χ1) is 17.3. The summed E-state index contributed by atoms with van der Waals surface area (Å²) in [4.78, 5) is 39.7. The molecule has 1 saturated heterocycles. The molecule has 0 saturated carbocycles. The largest absolute Gasteiger partial charge is 0.506 e. The number of hydrogen-bond acceptors (Lipinski definition) is 6. The van der Waals surface area contributed by atoms with Crippen molar-refractivity contribution in [1.29, 1.82) is 0 Å². The number of hydrogen-bond donors (Lipinski definition) is 3. The van der Waals surface area contributed by atoms with Gasteiger partial charge >= 0.3 is 6.09 Å². The van der Waals surface area contributed by atoms with E-state index in [0.717, 1.165) is 6.07 Å². The summed E-state index contributed by atoms with van der Waals surface area (Å²) < 4.78 is 24.4. The number of carbonyl (C=O) groups is 3. The Bertz CT molecular complexity index is 1170. The lowest BCUT2D eigenvalue weighted by Crippen LogP contribution is -2.58. The molecule has 12 heteroatoms. The van der Waals surface area contributed by atoms with Gasteiger partial charge in [-0.05, 0) is 57.9 Å². The SMILES string of the molecule is CC(C)(C)OC(=O)N1C[C@@H](NC(=O)COc2ccc(Cl)c(F)c2)CC[C@@H]1C(=O)Nc1ccc(Cl)cc1O. The first-order valence-electron chi connectivity index (χ1n) is 11.5. The minimum absolute atomic E-state index is 0.000906. The van der Waals surface area contributed by atoms with Crippen LogP contribution in [0.25, 0.3) is 0 Å². The molecule has 0 bridgehead atoms. The Morgan fingerprint density at radius 3 is 2.51 bits per heavy atom. The van der Waals surface area contributed by atoms with Crippen molar-refractivity contribution in [2.45, 2.75) is 51.3 Å². The summed E-state index contributed by atoms with van der Waals surface area (Å²) >= 11 is 11.5. The van der Waals surface area contributed by atoms with Gasteiger partial charge in [0.15, 0.2) is 6.61 Å². The van der Waals surface area contributed by atoms with Crippen LogP contribution in [0.3, 0.4) is 0 Å². The lowest BCUT2D eigenvalue weighted by Gasteiger charge is -2.39. The number of rotatable bonds is 6. The number of carbonyl (C=O) groups excluding carboxylic acids is 3. The van der Waals surface area contributed by atoms with E-state index in [1.807, 2.05) is 0 Å². The first-order valence-corrected chi connectivity index (χ1v) is 12.2. The van der Waals surface area contributed by atoms with Crippen molar-refractivity contribution in [2.75, 3.05) is 18.5 Å². The minimum atomic E-state index is -0.911. The van der Waals surface area contributed by atoms with Gasteiger partial charge in [0.25, 0.3) is 5.91 Å². The monoisotopic (exact) mass is 555 g/mol. The average Bonchev–Trinajstić information content (AvgIpc) is 2.80. The molecule has 1 heterocycles. The highest BCUT2D eigenvalue weighted by molar-refractivity contribution is 6.31. The number of aromatic hydroxyl groups is 1. The number of phenols is 1. The molecule has 2 atom stereocenters. The van der Waals surface area contributed by atoms with Gasteiger partial charge in [-0.25, -0.2) is 9.18 Å². The highest BCUT2D eigenvalue weighted by Gasteiger charge is 2.39. The summed E-state index contributed by atoms with van der Waals surface area (Å²) in [5.41, 5.74) is -0.672. The zero-order chi connectivity index (χ0) is 27.3. The van der Waals surface area contributed by atoms with Crippen LogP contribution >= 0.6 is 23.2 Å². The zero-order valence-corrected chi connectivity index (χ0v) is 22.0. The Morgan fingerprint density at radius 2 is 1.86 bits per heavy atom. The molecule has 0 spiro atoms. The molecule has 2 aromatic rings. The number of nitrogens with zero attached hydrogens (tertiary/aromatic N) is 1. The summed E-state index contributed by atoms with van der Waals surface area (Å²) in [6, 6.07) is 6.67. The molecule has 0 aliphatic carbocycles. The van der Waals surface area contributed by atoms with Gasteiger partial charge in [0, 0.05) is 29.7 Å². The number of phenolic OH excluding ortho intramolecular Hbond substituents is 1. The Balaban J connectivity index is 1.66. The number of ether oxygens (including phenoxy) is 2. The molecule has 2 aromatic carbocycles. The molecule has 200 valence electrons. The Morgan fingerprint density at radius 1 is 1.14 bits per heavy atom. The van der Waals surface area contributed by atoms with E-state index < -0.39 is 41.4 Å². The highest BCUT2D eigenvalue weighted by Crippen LogP contribution is 2.28. The summed E-state index contributed by atoms with van der Waals surface area (Å²) in [5, 5.41) is 15.7. The maximum Gasteiger partial charge on any atom is 0.411 e. The molecule has 1 aliphatic rings. The van der Waals surface area contributed by atoms with Crippen LogP contribution in [0.4, 0.5) is 14.9 Å². The Kier molecular flexibility index (Phi) is 9.09. The predicted octanol–water partition coefficient (Wildman–Crippen LogP) is 4.74. The number of benzene rings is 2. The molecular formula is C25H28Cl2FN3O6. The molecule has 0 unspecified atom stereocenters. The summed E-state index contributed by atoms with van der Waals surface area (Å²) in [6.07, 6.45) is -0.126. The number of anilines is 1. The van der Waals surface area contributed by atoms with Crippen LogP contribution in [-0.2, 0) is 14.3 Å². The van der Waals surface area contributed by atoms with E-state index in [1.165, 1.54) is 35.2 Å². The number of likely N-dealkylation sites (tertiary alicyclic amines) is 1. The van der Waals surface area contributed by atoms with Gasteiger partial charge in [0.2, 0.25) is 5.91 Å². The van der Waals surface area contributed by atoms with Gasteiger partial charge in [0.05, 0.1) is 10.7 Å². The fourth-order valence-corrected chi connectivity index (χ4v) is 3.98. The van der Waals surface area contributed by atoms with Gasteiger partial charge < -0.3 is 25.2 Å². The molecule has 3 rings (SSSR count). The van der Waals surface area contributed by atoms with Crippen molar-refractivity contribution < 1.29 is 33.4 Å².